The number of rotatable bonds is 7. The molecule has 3 rings (SSSR count). The van der Waals surface area contributed by atoms with E-state index in [9.17, 15) is 4.79 Å². The molecule has 3 aromatic carbocycles. The highest BCUT2D eigenvalue weighted by atomic mass is 16.5. The molecule has 0 heterocycles. The molecule has 3 nitrogen and oxygen atoms in total. The van der Waals surface area contributed by atoms with Crippen LogP contribution in [0.3, 0.4) is 0 Å². The average molecular weight is 350 g/mol. The summed E-state index contributed by atoms with van der Waals surface area (Å²) in [6.45, 7) is 11.1. The van der Waals surface area contributed by atoms with Crippen molar-refractivity contribution in [3.05, 3.63) is 60.2 Å². The Morgan fingerprint density at radius 2 is 1.35 bits per heavy atom. The van der Waals surface area contributed by atoms with Crippen molar-refractivity contribution in [3.8, 4) is 0 Å². The van der Waals surface area contributed by atoms with Gasteiger partial charge in [0.25, 0.3) is 0 Å². The largest absolute Gasteiger partial charge is 0.456 e. The SMILES string of the molecule is CC[N+](CC)(CC)CCOC(=O)c1c2ccccc2cc2ccccc12. The van der Waals surface area contributed by atoms with Gasteiger partial charge in [0.15, 0.2) is 0 Å². The minimum absolute atomic E-state index is 0.223. The van der Waals surface area contributed by atoms with Crippen LogP contribution in [0.15, 0.2) is 54.6 Å². The van der Waals surface area contributed by atoms with Crippen LogP contribution in [0, 0.1) is 0 Å². The smallest absolute Gasteiger partial charge is 0.339 e. The number of benzene rings is 3. The van der Waals surface area contributed by atoms with Gasteiger partial charge in [-0.3, -0.25) is 0 Å². The average Bonchev–Trinajstić information content (AvgIpc) is 2.69. The topological polar surface area (TPSA) is 26.3 Å². The molecule has 0 aliphatic rings. The maximum absolute atomic E-state index is 13.0. The first kappa shape index (κ1) is 18.4. The first-order valence-electron chi connectivity index (χ1n) is 9.57. The first-order chi connectivity index (χ1) is 12.6. The first-order valence-corrected chi connectivity index (χ1v) is 9.57. The number of quaternary nitrogens is 1. The second-order valence-electron chi connectivity index (χ2n) is 6.84. The highest BCUT2D eigenvalue weighted by molar-refractivity contribution is 6.16. The fourth-order valence-corrected chi connectivity index (χ4v) is 3.78. The lowest BCUT2D eigenvalue weighted by Gasteiger charge is -2.35. The van der Waals surface area contributed by atoms with E-state index in [0.29, 0.717) is 12.2 Å². The highest BCUT2D eigenvalue weighted by Gasteiger charge is 2.22. The molecule has 0 aromatic heterocycles. The predicted molar refractivity (Wildman–Crippen MR) is 108 cm³/mol. The van der Waals surface area contributed by atoms with Crippen molar-refractivity contribution < 1.29 is 14.0 Å². The number of esters is 1. The van der Waals surface area contributed by atoms with Gasteiger partial charge in [-0.2, -0.15) is 0 Å². The predicted octanol–water partition coefficient (Wildman–Crippen LogP) is 5.03. The maximum Gasteiger partial charge on any atom is 0.339 e. The van der Waals surface area contributed by atoms with Crippen molar-refractivity contribution in [1.82, 2.24) is 0 Å². The summed E-state index contributed by atoms with van der Waals surface area (Å²) in [4.78, 5) is 13.0. The molecule has 0 atom stereocenters. The Bertz CT molecular complexity index is 850. The molecule has 0 spiro atoms. The van der Waals surface area contributed by atoms with Gasteiger partial charge < -0.3 is 9.22 Å². The molecule has 0 N–H and O–H groups in total. The molecular formula is C23H28NO2+. The summed E-state index contributed by atoms with van der Waals surface area (Å²) in [6.07, 6.45) is 0. The van der Waals surface area contributed by atoms with Crippen LogP contribution in [0.2, 0.25) is 0 Å². The maximum atomic E-state index is 13.0. The van der Waals surface area contributed by atoms with Crippen molar-refractivity contribution in [2.24, 2.45) is 0 Å². The summed E-state index contributed by atoms with van der Waals surface area (Å²) in [5.74, 6) is -0.223. The highest BCUT2D eigenvalue weighted by Crippen LogP contribution is 2.29. The quantitative estimate of drug-likeness (QED) is 0.339. The van der Waals surface area contributed by atoms with Crippen LogP contribution >= 0.6 is 0 Å². The second-order valence-corrected chi connectivity index (χ2v) is 6.84. The number of carbonyl (C=O) groups is 1. The van der Waals surface area contributed by atoms with Crippen LogP contribution < -0.4 is 0 Å². The zero-order valence-electron chi connectivity index (χ0n) is 16.0. The standard InChI is InChI=1S/C23H28NO2/c1-4-24(5-2,6-3)15-16-26-23(25)22-20-13-9-7-11-18(20)17-19-12-8-10-14-21(19)22/h7-14,17H,4-6,15-16H2,1-3H3/q+1. The molecule has 0 amide bonds. The molecule has 3 heteroatoms. The third kappa shape index (κ3) is 3.45. The van der Waals surface area contributed by atoms with Crippen LogP contribution in [-0.2, 0) is 4.74 Å². The number of hydrogen-bond acceptors (Lipinski definition) is 2. The van der Waals surface area contributed by atoms with Gasteiger partial charge in [0.2, 0.25) is 0 Å². The zero-order chi connectivity index (χ0) is 18.6. The second kappa shape index (κ2) is 7.88. The summed E-state index contributed by atoms with van der Waals surface area (Å²) in [7, 11) is 0. The minimum Gasteiger partial charge on any atom is -0.456 e. The van der Waals surface area contributed by atoms with Gasteiger partial charge in [-0.25, -0.2) is 4.79 Å². The fraction of sp³-hybridized carbons (Fsp3) is 0.348. The number of ether oxygens (including phenoxy) is 1. The zero-order valence-corrected chi connectivity index (χ0v) is 16.0. The molecule has 0 saturated heterocycles. The minimum atomic E-state index is -0.223. The number of carbonyl (C=O) groups excluding carboxylic acids is 1. The summed E-state index contributed by atoms with van der Waals surface area (Å²) in [6, 6.07) is 18.2. The van der Waals surface area contributed by atoms with Crippen LogP contribution in [-0.4, -0.2) is 43.2 Å². The van der Waals surface area contributed by atoms with E-state index in [-0.39, 0.29) is 5.97 Å². The van der Waals surface area contributed by atoms with Crippen molar-refractivity contribution in [1.29, 1.82) is 0 Å². The molecule has 0 aliphatic carbocycles. The van der Waals surface area contributed by atoms with Gasteiger partial charge in [0, 0.05) is 0 Å². The van der Waals surface area contributed by atoms with E-state index >= 15 is 0 Å². The molecule has 136 valence electrons. The molecule has 0 fully saturated rings. The molecule has 0 radical (unpaired) electrons. The lowest BCUT2D eigenvalue weighted by molar-refractivity contribution is -0.923. The number of likely N-dealkylation sites (N-methyl/N-ethyl adjacent to an activating group) is 1. The fourth-order valence-electron chi connectivity index (χ4n) is 3.78. The van der Waals surface area contributed by atoms with Crippen molar-refractivity contribution >= 4 is 27.5 Å². The number of fused-ring (bicyclic) bond motifs is 2. The lowest BCUT2D eigenvalue weighted by Crippen LogP contribution is -2.49. The third-order valence-corrected chi connectivity index (χ3v) is 5.79. The summed E-state index contributed by atoms with van der Waals surface area (Å²) >= 11 is 0. The Balaban J connectivity index is 1.92. The van der Waals surface area contributed by atoms with Crippen LogP contribution in [0.4, 0.5) is 0 Å². The van der Waals surface area contributed by atoms with Gasteiger partial charge in [-0.05, 0) is 48.4 Å². The van der Waals surface area contributed by atoms with E-state index in [4.69, 9.17) is 4.74 Å². The number of hydrogen-bond donors (Lipinski definition) is 0. The number of nitrogens with zero attached hydrogens (tertiary/aromatic N) is 1. The van der Waals surface area contributed by atoms with Gasteiger partial charge >= 0.3 is 5.97 Å². The monoisotopic (exact) mass is 350 g/mol. The van der Waals surface area contributed by atoms with Crippen LogP contribution in [0.5, 0.6) is 0 Å². The molecule has 0 unspecified atom stereocenters. The summed E-state index contributed by atoms with van der Waals surface area (Å²) < 4.78 is 6.73. The Labute approximate surface area is 155 Å². The van der Waals surface area contributed by atoms with E-state index in [1.807, 2.05) is 48.5 Å². The Kier molecular flexibility index (Phi) is 5.58. The molecule has 26 heavy (non-hydrogen) atoms. The Morgan fingerprint density at radius 1 is 0.846 bits per heavy atom. The van der Waals surface area contributed by atoms with E-state index in [0.717, 1.165) is 52.2 Å². The molecule has 0 saturated carbocycles. The molecule has 0 aliphatic heterocycles. The summed E-state index contributed by atoms with van der Waals surface area (Å²) in [5, 5.41) is 4.05. The Morgan fingerprint density at radius 3 is 1.85 bits per heavy atom. The van der Waals surface area contributed by atoms with E-state index in [1.165, 1.54) is 0 Å². The molecule has 0 bridgehead atoms. The van der Waals surface area contributed by atoms with Gasteiger partial charge in [-0.1, -0.05) is 48.5 Å². The molecular weight excluding hydrogens is 322 g/mol. The van der Waals surface area contributed by atoms with Gasteiger partial charge in [0.1, 0.15) is 13.2 Å². The van der Waals surface area contributed by atoms with Gasteiger partial charge in [-0.15, -0.1) is 0 Å². The van der Waals surface area contributed by atoms with Crippen molar-refractivity contribution in [3.63, 3.8) is 0 Å². The van der Waals surface area contributed by atoms with Crippen LogP contribution in [0.1, 0.15) is 31.1 Å². The van der Waals surface area contributed by atoms with E-state index in [2.05, 4.69) is 26.8 Å². The van der Waals surface area contributed by atoms with Crippen LogP contribution in [0.25, 0.3) is 21.5 Å². The lowest BCUT2D eigenvalue weighted by atomic mass is 9.97. The Hall–Kier alpha value is -2.39. The van der Waals surface area contributed by atoms with E-state index < -0.39 is 0 Å². The molecule has 3 aromatic rings. The summed E-state index contributed by atoms with van der Waals surface area (Å²) in [5.41, 5.74) is 0.682. The van der Waals surface area contributed by atoms with Crippen molar-refractivity contribution in [2.45, 2.75) is 20.8 Å². The normalized spacial score (nSPS) is 11.8. The van der Waals surface area contributed by atoms with Crippen molar-refractivity contribution in [2.75, 3.05) is 32.8 Å². The van der Waals surface area contributed by atoms with Gasteiger partial charge in [0.05, 0.1) is 25.2 Å². The van der Waals surface area contributed by atoms with E-state index in [1.54, 1.807) is 0 Å². The third-order valence-electron chi connectivity index (χ3n) is 5.79.